The van der Waals surface area contributed by atoms with E-state index in [0.29, 0.717) is 23.9 Å². The van der Waals surface area contributed by atoms with Crippen LogP contribution >= 0.6 is 24.0 Å². The van der Waals surface area contributed by atoms with Crippen molar-refractivity contribution in [2.45, 2.75) is 70.9 Å². The summed E-state index contributed by atoms with van der Waals surface area (Å²) in [7, 11) is 1.84. The molecule has 1 amide bonds. The fourth-order valence-electron chi connectivity index (χ4n) is 4.95. The molecule has 1 unspecified atom stereocenters. The standard InChI is InChI=1S/C21H39N5O.HI/c1-16(2)14-25-11-6-9-19(25)13-23-21(22-3)24-18-10-12-26(15-18)20(27)17-7-4-5-8-17;/h16-19H,4-15H2,1-3H3,(H2,22,23,24);1H/t18?,19-;/m1./s1. The van der Waals surface area contributed by atoms with Gasteiger partial charge in [0.25, 0.3) is 0 Å². The van der Waals surface area contributed by atoms with E-state index in [1.807, 2.05) is 7.05 Å². The van der Waals surface area contributed by atoms with Crippen LogP contribution in [0, 0.1) is 11.8 Å². The van der Waals surface area contributed by atoms with Crippen molar-refractivity contribution in [1.29, 1.82) is 0 Å². The fraction of sp³-hybridized carbons (Fsp3) is 0.905. The van der Waals surface area contributed by atoms with E-state index < -0.39 is 0 Å². The lowest BCUT2D eigenvalue weighted by molar-refractivity contribution is -0.134. The van der Waals surface area contributed by atoms with E-state index in [0.717, 1.165) is 44.9 Å². The van der Waals surface area contributed by atoms with E-state index in [9.17, 15) is 4.79 Å². The number of carbonyl (C=O) groups excluding carboxylic acids is 1. The molecule has 3 rings (SSSR count). The molecule has 3 fully saturated rings. The van der Waals surface area contributed by atoms with Crippen LogP contribution in [-0.4, -0.2) is 73.5 Å². The maximum absolute atomic E-state index is 12.6. The SMILES string of the molecule is CN=C(NC[C@H]1CCCN1CC(C)C)NC1CCN(C(=O)C2CCCC2)C1.I. The number of hydrogen-bond acceptors (Lipinski definition) is 3. The zero-order chi connectivity index (χ0) is 19.2. The lowest BCUT2D eigenvalue weighted by Gasteiger charge is -2.27. The van der Waals surface area contributed by atoms with Crippen LogP contribution in [0.2, 0.25) is 0 Å². The van der Waals surface area contributed by atoms with E-state index >= 15 is 0 Å². The van der Waals surface area contributed by atoms with Gasteiger partial charge < -0.3 is 15.5 Å². The van der Waals surface area contributed by atoms with Crippen LogP contribution in [0.1, 0.15) is 58.8 Å². The van der Waals surface area contributed by atoms with Crippen molar-refractivity contribution < 1.29 is 4.79 Å². The van der Waals surface area contributed by atoms with Gasteiger partial charge in [0.1, 0.15) is 0 Å². The minimum Gasteiger partial charge on any atom is -0.355 e. The summed E-state index contributed by atoms with van der Waals surface area (Å²) in [6, 6.07) is 0.923. The van der Waals surface area contributed by atoms with Gasteiger partial charge in [-0.3, -0.25) is 14.7 Å². The largest absolute Gasteiger partial charge is 0.355 e. The molecule has 0 aromatic rings. The van der Waals surface area contributed by atoms with E-state index in [1.54, 1.807) is 0 Å². The van der Waals surface area contributed by atoms with Gasteiger partial charge in [0, 0.05) is 51.2 Å². The minimum atomic E-state index is 0. The first-order valence-electron chi connectivity index (χ1n) is 11.1. The highest BCUT2D eigenvalue weighted by atomic mass is 127. The third-order valence-corrected chi connectivity index (χ3v) is 6.37. The third-order valence-electron chi connectivity index (χ3n) is 6.37. The van der Waals surface area contributed by atoms with Crippen LogP contribution in [0.4, 0.5) is 0 Å². The highest BCUT2D eigenvalue weighted by molar-refractivity contribution is 14.0. The van der Waals surface area contributed by atoms with Crippen molar-refractivity contribution >= 4 is 35.8 Å². The molecule has 6 nitrogen and oxygen atoms in total. The molecule has 1 saturated carbocycles. The molecule has 2 atom stereocenters. The Hall–Kier alpha value is -0.570. The number of nitrogens with one attached hydrogen (secondary N) is 2. The number of guanidine groups is 1. The summed E-state index contributed by atoms with van der Waals surface area (Å²) in [4.78, 5) is 21.7. The van der Waals surface area contributed by atoms with E-state index in [-0.39, 0.29) is 29.9 Å². The second kappa shape index (κ2) is 11.6. The number of hydrogen-bond donors (Lipinski definition) is 2. The maximum atomic E-state index is 12.6. The van der Waals surface area contributed by atoms with E-state index in [4.69, 9.17) is 0 Å². The Kier molecular flexibility index (Phi) is 9.80. The summed E-state index contributed by atoms with van der Waals surface area (Å²) >= 11 is 0. The van der Waals surface area contributed by atoms with Crippen molar-refractivity contribution in [1.82, 2.24) is 20.4 Å². The normalized spacial score (nSPS) is 26.7. The quantitative estimate of drug-likeness (QED) is 0.331. The third kappa shape index (κ3) is 6.47. The number of carbonyl (C=O) groups is 1. The van der Waals surface area contributed by atoms with E-state index in [1.165, 1.54) is 38.8 Å². The molecule has 2 aliphatic heterocycles. The molecule has 2 heterocycles. The monoisotopic (exact) mass is 505 g/mol. The minimum absolute atomic E-state index is 0. The molecule has 7 heteroatoms. The molecule has 0 aromatic carbocycles. The molecule has 28 heavy (non-hydrogen) atoms. The number of amides is 1. The van der Waals surface area contributed by atoms with Gasteiger partial charge in [0.05, 0.1) is 0 Å². The van der Waals surface area contributed by atoms with Crippen LogP contribution in [0.25, 0.3) is 0 Å². The second-order valence-electron chi connectivity index (χ2n) is 9.03. The first-order valence-corrected chi connectivity index (χ1v) is 11.1. The highest BCUT2D eigenvalue weighted by Crippen LogP contribution is 2.27. The Morgan fingerprint density at radius 1 is 1.11 bits per heavy atom. The number of nitrogens with zero attached hydrogens (tertiary/aromatic N) is 3. The predicted octanol–water partition coefficient (Wildman–Crippen LogP) is 2.68. The molecular formula is C21H40IN5O. The van der Waals surface area contributed by atoms with Gasteiger partial charge in [-0.1, -0.05) is 26.7 Å². The van der Waals surface area contributed by atoms with E-state index in [2.05, 4.69) is 39.3 Å². The Bertz CT molecular complexity index is 521. The van der Waals surface area contributed by atoms with Crippen LogP contribution in [0.5, 0.6) is 0 Å². The van der Waals surface area contributed by atoms with Crippen LogP contribution in [0.3, 0.4) is 0 Å². The number of rotatable bonds is 6. The van der Waals surface area contributed by atoms with Gasteiger partial charge in [-0.25, -0.2) is 0 Å². The Labute approximate surface area is 188 Å². The number of likely N-dealkylation sites (tertiary alicyclic amines) is 2. The topological polar surface area (TPSA) is 60.0 Å². The van der Waals surface area contributed by atoms with Crippen LogP contribution in [0.15, 0.2) is 4.99 Å². The molecule has 0 aromatic heterocycles. The summed E-state index contributed by atoms with van der Waals surface area (Å²) in [5.74, 6) is 2.27. The van der Waals surface area contributed by atoms with Crippen molar-refractivity contribution in [3.63, 3.8) is 0 Å². The Balaban J connectivity index is 0.00000280. The zero-order valence-corrected chi connectivity index (χ0v) is 20.3. The van der Waals surface area contributed by atoms with Gasteiger partial charge in [-0.15, -0.1) is 24.0 Å². The average Bonchev–Trinajstić information content (AvgIpc) is 3.39. The average molecular weight is 505 g/mol. The molecule has 1 aliphatic carbocycles. The van der Waals surface area contributed by atoms with Crippen molar-refractivity contribution in [2.24, 2.45) is 16.8 Å². The lowest BCUT2D eigenvalue weighted by Crippen LogP contribution is -2.49. The molecule has 2 N–H and O–H groups in total. The summed E-state index contributed by atoms with van der Waals surface area (Å²) in [5.41, 5.74) is 0. The first-order chi connectivity index (χ1) is 13.1. The van der Waals surface area contributed by atoms with Crippen LogP contribution in [-0.2, 0) is 4.79 Å². The number of aliphatic imine (C=N–C) groups is 1. The van der Waals surface area contributed by atoms with Crippen LogP contribution < -0.4 is 10.6 Å². The molecule has 162 valence electrons. The molecule has 0 spiro atoms. The van der Waals surface area contributed by atoms with Gasteiger partial charge in [-0.05, 0) is 44.6 Å². The lowest BCUT2D eigenvalue weighted by atomic mass is 10.1. The molecular weight excluding hydrogens is 465 g/mol. The molecule has 0 bridgehead atoms. The maximum Gasteiger partial charge on any atom is 0.225 e. The van der Waals surface area contributed by atoms with Gasteiger partial charge in [-0.2, -0.15) is 0 Å². The summed E-state index contributed by atoms with van der Waals surface area (Å²) in [6.45, 7) is 9.64. The van der Waals surface area contributed by atoms with Gasteiger partial charge in [0.15, 0.2) is 5.96 Å². The fourth-order valence-corrected chi connectivity index (χ4v) is 4.95. The smallest absolute Gasteiger partial charge is 0.225 e. The van der Waals surface area contributed by atoms with Crippen molar-refractivity contribution in [3.05, 3.63) is 0 Å². The summed E-state index contributed by atoms with van der Waals surface area (Å²) < 4.78 is 0. The highest BCUT2D eigenvalue weighted by Gasteiger charge is 2.32. The second-order valence-corrected chi connectivity index (χ2v) is 9.03. The first kappa shape index (κ1) is 23.7. The van der Waals surface area contributed by atoms with Gasteiger partial charge in [0.2, 0.25) is 5.91 Å². The Morgan fingerprint density at radius 2 is 1.86 bits per heavy atom. The summed E-state index contributed by atoms with van der Waals surface area (Å²) in [6.07, 6.45) is 8.20. The van der Waals surface area contributed by atoms with Crippen molar-refractivity contribution in [2.75, 3.05) is 39.8 Å². The van der Waals surface area contributed by atoms with Gasteiger partial charge >= 0.3 is 0 Å². The molecule has 0 radical (unpaired) electrons. The molecule has 2 saturated heterocycles. The predicted molar refractivity (Wildman–Crippen MR) is 126 cm³/mol. The summed E-state index contributed by atoms with van der Waals surface area (Å²) in [5, 5.41) is 7.08. The zero-order valence-electron chi connectivity index (χ0n) is 18.0. The Morgan fingerprint density at radius 3 is 2.54 bits per heavy atom. The number of halogens is 1. The van der Waals surface area contributed by atoms with Crippen molar-refractivity contribution in [3.8, 4) is 0 Å². The molecule has 3 aliphatic rings.